The van der Waals surface area contributed by atoms with Gasteiger partial charge in [0.25, 0.3) is 0 Å². The van der Waals surface area contributed by atoms with Crippen molar-refractivity contribution in [1.29, 1.82) is 0 Å². The summed E-state index contributed by atoms with van der Waals surface area (Å²) in [6.45, 7) is 7.67. The molecule has 9 heteroatoms. The molecule has 2 fully saturated rings. The summed E-state index contributed by atoms with van der Waals surface area (Å²) in [5.74, 6) is -0.994. The predicted molar refractivity (Wildman–Crippen MR) is 127 cm³/mol. The Bertz CT molecular complexity index is 920. The average Bonchev–Trinajstić information content (AvgIpc) is 3.23. The summed E-state index contributed by atoms with van der Waals surface area (Å²) in [5, 5.41) is -0.123. The van der Waals surface area contributed by atoms with Gasteiger partial charge >= 0.3 is 17.9 Å². The van der Waals surface area contributed by atoms with E-state index in [1.54, 1.807) is 23.1 Å². The number of piperazine rings is 1. The molecule has 8 nitrogen and oxygen atoms in total. The number of ether oxygens (including phenoxy) is 1. The van der Waals surface area contributed by atoms with Gasteiger partial charge in [-0.25, -0.2) is 4.79 Å². The van der Waals surface area contributed by atoms with E-state index in [0.29, 0.717) is 38.2 Å². The quantitative estimate of drug-likeness (QED) is 0.428. The minimum Gasteiger partial charge on any atom is -0.445 e. The summed E-state index contributed by atoms with van der Waals surface area (Å²) in [5.41, 5.74) is 0.622. The molecule has 0 aliphatic carbocycles. The third kappa shape index (κ3) is 6.25. The van der Waals surface area contributed by atoms with Crippen molar-refractivity contribution in [3.63, 3.8) is 0 Å². The number of likely N-dealkylation sites (N-methyl/N-ethyl adjacent to an activating group) is 1. The Balaban J connectivity index is 1.63. The normalized spacial score (nSPS) is 21.1. The molecule has 1 aromatic carbocycles. The number of hydrogen-bond donors (Lipinski definition) is 0. The van der Waals surface area contributed by atoms with Crippen molar-refractivity contribution in [2.45, 2.75) is 24.6 Å². The third-order valence-electron chi connectivity index (χ3n) is 5.61. The Morgan fingerprint density at radius 2 is 1.85 bits per heavy atom. The summed E-state index contributed by atoms with van der Waals surface area (Å²) in [7, 11) is 0. The van der Waals surface area contributed by atoms with E-state index in [4.69, 9.17) is 4.74 Å². The maximum Gasteiger partial charge on any atom is 0.410 e. The summed E-state index contributed by atoms with van der Waals surface area (Å²) in [6, 6.07) is 8.77. The summed E-state index contributed by atoms with van der Waals surface area (Å²) in [6.07, 6.45) is 5.27. The van der Waals surface area contributed by atoms with Crippen LogP contribution in [0.2, 0.25) is 0 Å². The van der Waals surface area contributed by atoms with Crippen molar-refractivity contribution < 1.29 is 23.9 Å². The fourth-order valence-corrected chi connectivity index (χ4v) is 4.95. The smallest absolute Gasteiger partial charge is 0.410 e. The summed E-state index contributed by atoms with van der Waals surface area (Å²) < 4.78 is 5.22. The van der Waals surface area contributed by atoms with Crippen LogP contribution in [-0.2, 0) is 14.3 Å². The molecule has 2 aliphatic heterocycles. The maximum absolute atomic E-state index is 12.6. The van der Waals surface area contributed by atoms with Crippen LogP contribution >= 0.6 is 11.8 Å². The molecule has 176 valence electrons. The molecule has 2 aliphatic rings. The van der Waals surface area contributed by atoms with Crippen molar-refractivity contribution in [2.75, 3.05) is 39.3 Å². The van der Waals surface area contributed by atoms with E-state index in [0.717, 1.165) is 0 Å². The average molecular weight is 472 g/mol. The van der Waals surface area contributed by atoms with Gasteiger partial charge in [-0.1, -0.05) is 66.9 Å². The second kappa shape index (κ2) is 11.7. The zero-order valence-corrected chi connectivity index (χ0v) is 19.5. The summed E-state index contributed by atoms with van der Waals surface area (Å²) in [4.78, 5) is 54.2. The number of likely N-dealkylation sites (tertiary alicyclic amines) is 1. The first-order valence-electron chi connectivity index (χ1n) is 11.0. The van der Waals surface area contributed by atoms with E-state index in [1.807, 2.05) is 31.2 Å². The lowest BCUT2D eigenvalue weighted by atomic mass is 10.2. The topological polar surface area (TPSA) is 87.2 Å². The monoisotopic (exact) mass is 471 g/mol. The third-order valence-corrected chi connectivity index (χ3v) is 6.74. The molecular weight excluding hydrogens is 442 g/mol. The SMILES string of the molecule is C=CCOC(=O)N1C[C@@H](SC(=O)c2ccccc2)C[C@H]1C=CCN1CCN(CC)C(=O)C1=O. The van der Waals surface area contributed by atoms with Gasteiger partial charge in [-0.3, -0.25) is 14.4 Å². The van der Waals surface area contributed by atoms with Crippen LogP contribution in [0.5, 0.6) is 0 Å². The molecule has 2 atom stereocenters. The van der Waals surface area contributed by atoms with Crippen molar-refractivity contribution in [3.8, 4) is 0 Å². The fraction of sp³-hybridized carbons (Fsp3) is 0.417. The lowest BCUT2D eigenvalue weighted by Gasteiger charge is -2.32. The van der Waals surface area contributed by atoms with Gasteiger partial charge in [0.1, 0.15) is 6.61 Å². The van der Waals surface area contributed by atoms with Crippen LogP contribution in [0.15, 0.2) is 55.1 Å². The number of thioether (sulfide) groups is 1. The van der Waals surface area contributed by atoms with Crippen LogP contribution in [-0.4, -0.2) is 88.3 Å². The van der Waals surface area contributed by atoms with E-state index >= 15 is 0 Å². The Labute approximate surface area is 198 Å². The van der Waals surface area contributed by atoms with Crippen molar-refractivity contribution in [3.05, 3.63) is 60.7 Å². The number of amides is 3. The lowest BCUT2D eigenvalue weighted by molar-refractivity contribution is -0.155. The van der Waals surface area contributed by atoms with Crippen LogP contribution in [0.4, 0.5) is 4.79 Å². The minimum atomic E-state index is -0.511. The van der Waals surface area contributed by atoms with Crippen LogP contribution < -0.4 is 0 Å². The van der Waals surface area contributed by atoms with Gasteiger partial charge in [0.05, 0.1) is 6.04 Å². The Hall–Kier alpha value is -3.07. The van der Waals surface area contributed by atoms with Crippen molar-refractivity contribution in [1.82, 2.24) is 14.7 Å². The molecule has 0 bridgehead atoms. The molecule has 0 saturated carbocycles. The van der Waals surface area contributed by atoms with Crippen molar-refractivity contribution >= 4 is 34.8 Å². The van der Waals surface area contributed by atoms with E-state index in [2.05, 4.69) is 6.58 Å². The van der Waals surface area contributed by atoms with Crippen LogP contribution in [0.3, 0.4) is 0 Å². The zero-order chi connectivity index (χ0) is 23.8. The molecule has 2 saturated heterocycles. The van der Waals surface area contributed by atoms with Crippen LogP contribution in [0.1, 0.15) is 23.7 Å². The number of hydrogen-bond acceptors (Lipinski definition) is 6. The highest BCUT2D eigenvalue weighted by molar-refractivity contribution is 8.14. The summed E-state index contributed by atoms with van der Waals surface area (Å²) >= 11 is 1.22. The Morgan fingerprint density at radius 3 is 2.55 bits per heavy atom. The molecular formula is C24H29N3O5S. The van der Waals surface area contributed by atoms with E-state index < -0.39 is 17.9 Å². The molecule has 0 radical (unpaired) electrons. The highest BCUT2D eigenvalue weighted by Gasteiger charge is 2.36. The second-order valence-corrected chi connectivity index (χ2v) is 9.05. The first-order chi connectivity index (χ1) is 15.9. The highest BCUT2D eigenvalue weighted by atomic mass is 32.2. The second-order valence-electron chi connectivity index (χ2n) is 7.78. The molecule has 33 heavy (non-hydrogen) atoms. The van der Waals surface area contributed by atoms with Gasteiger partial charge in [0.15, 0.2) is 0 Å². The highest BCUT2D eigenvalue weighted by Crippen LogP contribution is 2.31. The first-order valence-corrected chi connectivity index (χ1v) is 11.9. The Kier molecular flexibility index (Phi) is 8.71. The van der Waals surface area contributed by atoms with Crippen LogP contribution in [0, 0.1) is 0 Å². The molecule has 2 heterocycles. The minimum absolute atomic E-state index is 0.0393. The number of carbonyl (C=O) groups excluding carboxylic acids is 4. The first kappa shape index (κ1) is 24.6. The molecule has 1 aromatic rings. The van der Waals surface area contributed by atoms with E-state index in [-0.39, 0.29) is 29.6 Å². The molecule has 0 unspecified atom stereocenters. The van der Waals surface area contributed by atoms with E-state index in [9.17, 15) is 19.2 Å². The van der Waals surface area contributed by atoms with Gasteiger partial charge in [0.2, 0.25) is 5.12 Å². The zero-order valence-electron chi connectivity index (χ0n) is 18.7. The number of nitrogens with zero attached hydrogens (tertiary/aromatic N) is 3. The van der Waals surface area contributed by atoms with Gasteiger partial charge < -0.3 is 19.4 Å². The molecule has 3 rings (SSSR count). The molecule has 0 spiro atoms. The number of rotatable bonds is 8. The standard InChI is InChI=1S/C24H29N3O5S/c1-3-15-32-24(31)27-17-20(33-23(30)18-9-6-5-7-10-18)16-19(27)11-8-12-26-14-13-25(4-2)21(28)22(26)29/h3,5-11,19-20H,1,4,12-17H2,2H3/t19-,20+/m1/s1. The molecule has 0 aromatic heterocycles. The maximum atomic E-state index is 12.6. The lowest BCUT2D eigenvalue weighted by Crippen LogP contribution is -2.54. The van der Waals surface area contributed by atoms with Gasteiger partial charge in [-0.05, 0) is 13.3 Å². The fourth-order valence-electron chi connectivity index (χ4n) is 3.85. The van der Waals surface area contributed by atoms with Gasteiger partial charge in [-0.15, -0.1) is 0 Å². The largest absolute Gasteiger partial charge is 0.445 e. The van der Waals surface area contributed by atoms with Crippen molar-refractivity contribution in [2.24, 2.45) is 0 Å². The van der Waals surface area contributed by atoms with Crippen LogP contribution in [0.25, 0.3) is 0 Å². The number of carbonyl (C=O) groups is 4. The Morgan fingerprint density at radius 1 is 1.15 bits per heavy atom. The molecule has 0 N–H and O–H groups in total. The number of benzene rings is 1. The molecule has 3 amide bonds. The van der Waals surface area contributed by atoms with Gasteiger partial charge in [0, 0.05) is 43.5 Å². The van der Waals surface area contributed by atoms with Gasteiger partial charge in [-0.2, -0.15) is 0 Å². The van der Waals surface area contributed by atoms with E-state index in [1.165, 1.54) is 27.6 Å². The predicted octanol–water partition coefficient (Wildman–Crippen LogP) is 2.57.